The van der Waals surface area contributed by atoms with Gasteiger partial charge in [0.25, 0.3) is 5.91 Å². The second-order valence-corrected chi connectivity index (χ2v) is 8.00. The van der Waals surface area contributed by atoms with Crippen molar-refractivity contribution >= 4 is 27.6 Å². The highest BCUT2D eigenvalue weighted by molar-refractivity contribution is 7.91. The summed E-state index contributed by atoms with van der Waals surface area (Å²) in [7, 11) is -3.09. The molecule has 2 amide bonds. The zero-order valence-electron chi connectivity index (χ0n) is 13.6. The molecule has 0 radical (unpaired) electrons. The van der Waals surface area contributed by atoms with E-state index in [0.717, 1.165) is 5.56 Å². The van der Waals surface area contributed by atoms with Gasteiger partial charge in [-0.25, -0.2) is 8.42 Å². The van der Waals surface area contributed by atoms with Gasteiger partial charge in [-0.1, -0.05) is 30.3 Å². The number of rotatable bonds is 7. The third-order valence-corrected chi connectivity index (χ3v) is 5.37. The maximum atomic E-state index is 11.7. The number of ether oxygens (including phenoxy) is 1. The third-order valence-electron chi connectivity index (χ3n) is 3.60. The summed E-state index contributed by atoms with van der Waals surface area (Å²) in [5.74, 6) is -1.68. The van der Waals surface area contributed by atoms with Crippen LogP contribution in [0, 0.1) is 0 Å². The van der Waals surface area contributed by atoms with Crippen LogP contribution in [0.4, 0.5) is 0 Å². The average Bonchev–Trinajstić information content (AvgIpc) is 2.90. The van der Waals surface area contributed by atoms with Crippen molar-refractivity contribution in [1.29, 1.82) is 0 Å². The number of benzene rings is 1. The number of carbonyl (C=O) groups is 3. The van der Waals surface area contributed by atoms with E-state index in [1.54, 1.807) is 12.1 Å². The maximum Gasteiger partial charge on any atom is 0.325 e. The molecular formula is C16H20N2O6S. The molecule has 0 bridgehead atoms. The SMILES string of the molecule is O=C(Cc1ccccc1)NCC(=O)OCC(=O)N[C@H]1CCS(=O)(=O)C1. The van der Waals surface area contributed by atoms with E-state index in [1.807, 2.05) is 18.2 Å². The molecule has 0 spiro atoms. The van der Waals surface area contributed by atoms with Gasteiger partial charge in [0.1, 0.15) is 6.54 Å². The van der Waals surface area contributed by atoms with Crippen LogP contribution < -0.4 is 10.6 Å². The quantitative estimate of drug-likeness (QED) is 0.608. The first-order chi connectivity index (χ1) is 11.8. The molecule has 25 heavy (non-hydrogen) atoms. The molecule has 0 aromatic heterocycles. The first kappa shape index (κ1) is 18.9. The minimum atomic E-state index is -3.09. The van der Waals surface area contributed by atoms with Crippen molar-refractivity contribution in [3.05, 3.63) is 35.9 Å². The number of hydrogen-bond acceptors (Lipinski definition) is 6. The topological polar surface area (TPSA) is 119 Å². The van der Waals surface area contributed by atoms with Crippen LogP contribution in [-0.4, -0.2) is 56.9 Å². The molecule has 0 unspecified atom stereocenters. The van der Waals surface area contributed by atoms with Gasteiger partial charge in [-0.3, -0.25) is 14.4 Å². The fraction of sp³-hybridized carbons (Fsp3) is 0.438. The Labute approximate surface area is 145 Å². The van der Waals surface area contributed by atoms with Gasteiger partial charge >= 0.3 is 5.97 Å². The predicted molar refractivity (Wildman–Crippen MR) is 89.3 cm³/mol. The molecule has 0 aliphatic carbocycles. The summed E-state index contributed by atoms with van der Waals surface area (Å²) < 4.78 is 27.3. The minimum absolute atomic E-state index is 0.0468. The summed E-state index contributed by atoms with van der Waals surface area (Å²) in [5.41, 5.74) is 0.819. The highest BCUT2D eigenvalue weighted by Gasteiger charge is 2.29. The van der Waals surface area contributed by atoms with Crippen LogP contribution in [0.25, 0.3) is 0 Å². The van der Waals surface area contributed by atoms with E-state index in [-0.39, 0.29) is 30.4 Å². The Morgan fingerprint density at radius 3 is 2.48 bits per heavy atom. The summed E-state index contributed by atoms with van der Waals surface area (Å²) in [4.78, 5) is 34.8. The molecule has 1 aliphatic rings. The van der Waals surface area contributed by atoms with Crippen LogP contribution in [0.5, 0.6) is 0 Å². The van der Waals surface area contributed by atoms with E-state index < -0.39 is 34.4 Å². The highest BCUT2D eigenvalue weighted by Crippen LogP contribution is 2.10. The van der Waals surface area contributed by atoms with Gasteiger partial charge < -0.3 is 15.4 Å². The second kappa shape index (κ2) is 8.61. The van der Waals surface area contributed by atoms with Crippen LogP contribution >= 0.6 is 0 Å². The molecule has 1 atom stereocenters. The smallest absolute Gasteiger partial charge is 0.325 e. The molecule has 9 heteroatoms. The number of hydrogen-bond donors (Lipinski definition) is 2. The maximum absolute atomic E-state index is 11.7. The van der Waals surface area contributed by atoms with Crippen LogP contribution in [0.1, 0.15) is 12.0 Å². The van der Waals surface area contributed by atoms with Gasteiger partial charge in [-0.15, -0.1) is 0 Å². The molecule has 1 aliphatic heterocycles. The number of carbonyl (C=O) groups excluding carboxylic acids is 3. The van der Waals surface area contributed by atoms with Crippen LogP contribution in [0.15, 0.2) is 30.3 Å². The fourth-order valence-corrected chi connectivity index (χ4v) is 4.06. The number of esters is 1. The molecule has 1 aromatic carbocycles. The Balaban J connectivity index is 1.62. The van der Waals surface area contributed by atoms with E-state index in [9.17, 15) is 22.8 Å². The molecule has 8 nitrogen and oxygen atoms in total. The monoisotopic (exact) mass is 368 g/mol. The number of sulfone groups is 1. The second-order valence-electron chi connectivity index (χ2n) is 5.77. The van der Waals surface area contributed by atoms with Crippen LogP contribution in [0.3, 0.4) is 0 Å². The van der Waals surface area contributed by atoms with Crippen LogP contribution in [-0.2, 0) is 35.4 Å². The minimum Gasteiger partial charge on any atom is -0.454 e. The lowest BCUT2D eigenvalue weighted by molar-refractivity contribution is -0.148. The third kappa shape index (κ3) is 6.92. The molecule has 0 saturated carbocycles. The molecular weight excluding hydrogens is 348 g/mol. The highest BCUT2D eigenvalue weighted by atomic mass is 32.2. The Morgan fingerprint density at radius 1 is 1.12 bits per heavy atom. The molecule has 1 fully saturated rings. The molecule has 136 valence electrons. The predicted octanol–water partition coefficient (Wildman–Crippen LogP) is -0.808. The number of amides is 2. The van der Waals surface area contributed by atoms with Gasteiger partial charge in [0.05, 0.1) is 17.9 Å². The molecule has 2 N–H and O–H groups in total. The van der Waals surface area contributed by atoms with E-state index >= 15 is 0 Å². The van der Waals surface area contributed by atoms with Crippen molar-refractivity contribution in [2.24, 2.45) is 0 Å². The Kier molecular flexibility index (Phi) is 6.51. The normalized spacial score (nSPS) is 18.3. The Bertz CT molecular complexity index is 732. The summed E-state index contributed by atoms with van der Waals surface area (Å²) in [5, 5.41) is 4.92. The van der Waals surface area contributed by atoms with Gasteiger partial charge in [0.2, 0.25) is 5.91 Å². The van der Waals surface area contributed by atoms with Crippen molar-refractivity contribution in [2.75, 3.05) is 24.7 Å². The van der Waals surface area contributed by atoms with E-state index in [4.69, 9.17) is 4.74 Å². The lowest BCUT2D eigenvalue weighted by Gasteiger charge is -2.11. The van der Waals surface area contributed by atoms with Crippen molar-refractivity contribution in [3.8, 4) is 0 Å². The Morgan fingerprint density at radius 2 is 1.84 bits per heavy atom. The first-order valence-corrected chi connectivity index (χ1v) is 9.62. The summed E-state index contributed by atoms with van der Waals surface area (Å²) in [6, 6.07) is 8.61. The van der Waals surface area contributed by atoms with Crippen LogP contribution in [0.2, 0.25) is 0 Å². The summed E-state index contributed by atoms with van der Waals surface area (Å²) >= 11 is 0. The van der Waals surface area contributed by atoms with Crippen molar-refractivity contribution < 1.29 is 27.5 Å². The average molecular weight is 368 g/mol. The molecule has 1 saturated heterocycles. The Hall–Kier alpha value is -2.42. The van der Waals surface area contributed by atoms with Gasteiger partial charge in [-0.2, -0.15) is 0 Å². The zero-order chi connectivity index (χ0) is 18.3. The molecule has 1 aromatic rings. The van der Waals surface area contributed by atoms with E-state index in [0.29, 0.717) is 6.42 Å². The van der Waals surface area contributed by atoms with Crippen molar-refractivity contribution in [3.63, 3.8) is 0 Å². The molecule has 2 rings (SSSR count). The largest absolute Gasteiger partial charge is 0.454 e. The molecule has 1 heterocycles. The number of nitrogens with one attached hydrogen (secondary N) is 2. The van der Waals surface area contributed by atoms with Crippen molar-refractivity contribution in [2.45, 2.75) is 18.9 Å². The van der Waals surface area contributed by atoms with Gasteiger partial charge in [0, 0.05) is 6.04 Å². The lowest BCUT2D eigenvalue weighted by Crippen LogP contribution is -2.39. The van der Waals surface area contributed by atoms with E-state index in [2.05, 4.69) is 10.6 Å². The lowest BCUT2D eigenvalue weighted by atomic mass is 10.1. The summed E-state index contributed by atoms with van der Waals surface area (Å²) in [6.07, 6.45) is 0.502. The van der Waals surface area contributed by atoms with Gasteiger partial charge in [0.15, 0.2) is 16.4 Å². The first-order valence-electron chi connectivity index (χ1n) is 7.80. The summed E-state index contributed by atoms with van der Waals surface area (Å²) in [6.45, 7) is -0.847. The van der Waals surface area contributed by atoms with E-state index in [1.165, 1.54) is 0 Å². The standard InChI is InChI=1S/C16H20N2O6S/c19-14(8-12-4-2-1-3-5-12)17-9-16(21)24-10-15(20)18-13-6-7-25(22,23)11-13/h1-5,13H,6-11H2,(H,17,19)(H,18,20)/t13-/m0/s1. The zero-order valence-corrected chi connectivity index (χ0v) is 14.4. The van der Waals surface area contributed by atoms with Crippen molar-refractivity contribution in [1.82, 2.24) is 10.6 Å². The van der Waals surface area contributed by atoms with Gasteiger partial charge in [-0.05, 0) is 12.0 Å². The fourth-order valence-electron chi connectivity index (χ4n) is 2.39.